The number of hydrogen-bond acceptors (Lipinski definition) is 4. The molecule has 19 heavy (non-hydrogen) atoms. The minimum atomic E-state index is -3.75. The van der Waals surface area contributed by atoms with Crippen LogP contribution in [0, 0.1) is 5.41 Å². The lowest BCUT2D eigenvalue weighted by Crippen LogP contribution is -2.34. The van der Waals surface area contributed by atoms with Gasteiger partial charge >= 0.3 is 0 Å². The lowest BCUT2D eigenvalue weighted by atomic mass is 9.89. The summed E-state index contributed by atoms with van der Waals surface area (Å²) >= 11 is 5.74. The summed E-state index contributed by atoms with van der Waals surface area (Å²) in [5.74, 6) is 0. The van der Waals surface area contributed by atoms with E-state index >= 15 is 0 Å². The van der Waals surface area contributed by atoms with Crippen LogP contribution < -0.4 is 4.72 Å². The van der Waals surface area contributed by atoms with Gasteiger partial charge in [-0.05, 0) is 24.0 Å². The number of rotatable bonds is 5. The summed E-state index contributed by atoms with van der Waals surface area (Å²) in [6, 6.07) is 2.86. The van der Waals surface area contributed by atoms with Gasteiger partial charge in [-0.1, -0.05) is 32.4 Å². The van der Waals surface area contributed by atoms with E-state index in [9.17, 15) is 13.5 Å². The monoisotopic (exact) mass is 306 g/mol. The molecule has 0 bridgehead atoms. The molecule has 2 N–H and O–H groups in total. The molecule has 0 aliphatic rings. The third-order valence-corrected chi connectivity index (χ3v) is 4.24. The van der Waals surface area contributed by atoms with Crippen LogP contribution in [0.25, 0.3) is 0 Å². The van der Waals surface area contributed by atoms with E-state index in [-0.39, 0.29) is 22.0 Å². The Morgan fingerprint density at radius 3 is 2.63 bits per heavy atom. The van der Waals surface area contributed by atoms with Crippen molar-refractivity contribution >= 4 is 21.6 Å². The molecule has 7 heteroatoms. The molecule has 0 amide bonds. The zero-order valence-electron chi connectivity index (χ0n) is 11.2. The number of nitrogens with zero attached hydrogens (tertiary/aromatic N) is 1. The highest BCUT2D eigenvalue weighted by Gasteiger charge is 2.22. The fraction of sp³-hybridized carbons (Fsp3) is 0.583. The van der Waals surface area contributed by atoms with E-state index in [0.29, 0.717) is 6.42 Å². The molecule has 1 aromatic rings. The van der Waals surface area contributed by atoms with Crippen LogP contribution in [0.15, 0.2) is 23.2 Å². The predicted molar refractivity (Wildman–Crippen MR) is 74.5 cm³/mol. The molecule has 0 aromatic carbocycles. The highest BCUT2D eigenvalue weighted by atomic mass is 35.5. The summed E-state index contributed by atoms with van der Waals surface area (Å²) in [4.78, 5) is 3.63. The van der Waals surface area contributed by atoms with Crippen molar-refractivity contribution in [2.45, 2.75) is 38.2 Å². The third kappa shape index (κ3) is 5.44. The van der Waals surface area contributed by atoms with Crippen LogP contribution in [0.2, 0.25) is 5.15 Å². The molecular formula is C12H19ClN2O3S. The topological polar surface area (TPSA) is 79.3 Å². The van der Waals surface area contributed by atoms with Gasteiger partial charge in [0.2, 0.25) is 10.0 Å². The highest BCUT2D eigenvalue weighted by molar-refractivity contribution is 7.89. The first-order valence-corrected chi connectivity index (χ1v) is 7.76. The van der Waals surface area contributed by atoms with Crippen LogP contribution >= 0.6 is 11.6 Å². The van der Waals surface area contributed by atoms with E-state index in [2.05, 4.69) is 9.71 Å². The van der Waals surface area contributed by atoms with E-state index in [0.717, 1.165) is 0 Å². The Morgan fingerprint density at radius 2 is 2.11 bits per heavy atom. The maximum atomic E-state index is 12.0. The van der Waals surface area contributed by atoms with Crippen LogP contribution in [0.1, 0.15) is 27.2 Å². The van der Waals surface area contributed by atoms with Crippen molar-refractivity contribution in [2.75, 3.05) is 6.54 Å². The van der Waals surface area contributed by atoms with Gasteiger partial charge in [-0.25, -0.2) is 18.1 Å². The van der Waals surface area contributed by atoms with Gasteiger partial charge in [0.25, 0.3) is 0 Å². The maximum Gasteiger partial charge on any atom is 0.243 e. The largest absolute Gasteiger partial charge is 0.392 e. The van der Waals surface area contributed by atoms with Crippen molar-refractivity contribution in [1.29, 1.82) is 0 Å². The van der Waals surface area contributed by atoms with E-state index in [1.807, 2.05) is 20.8 Å². The first-order chi connectivity index (χ1) is 8.62. The van der Waals surface area contributed by atoms with Crippen LogP contribution in [0.3, 0.4) is 0 Å². The number of sulfonamides is 1. The summed E-state index contributed by atoms with van der Waals surface area (Å²) in [5, 5.41) is 9.71. The summed E-state index contributed by atoms with van der Waals surface area (Å²) in [5.41, 5.74) is -0.0726. The molecule has 5 nitrogen and oxygen atoms in total. The van der Waals surface area contributed by atoms with Gasteiger partial charge in [0.05, 0.1) is 6.10 Å². The van der Waals surface area contributed by atoms with Crippen LogP contribution in [0.5, 0.6) is 0 Å². The lowest BCUT2D eigenvalue weighted by Gasteiger charge is -2.22. The Bertz CT molecular complexity index is 526. The van der Waals surface area contributed by atoms with Gasteiger partial charge in [-0.2, -0.15) is 0 Å². The Labute approximate surface area is 119 Å². The average Bonchev–Trinajstić information content (AvgIpc) is 2.24. The minimum absolute atomic E-state index is 0.0508. The Balaban J connectivity index is 2.70. The smallest absolute Gasteiger partial charge is 0.243 e. The summed E-state index contributed by atoms with van der Waals surface area (Å²) in [7, 11) is -3.75. The van der Waals surface area contributed by atoms with Gasteiger partial charge in [-0.15, -0.1) is 0 Å². The van der Waals surface area contributed by atoms with E-state index in [1.165, 1.54) is 18.3 Å². The lowest BCUT2D eigenvalue weighted by molar-refractivity contribution is 0.125. The second kappa shape index (κ2) is 6.17. The summed E-state index contributed by atoms with van der Waals surface area (Å²) in [6.45, 7) is 5.87. The second-order valence-corrected chi connectivity index (χ2v) is 7.66. The zero-order chi connectivity index (χ0) is 14.7. The summed E-state index contributed by atoms with van der Waals surface area (Å²) < 4.78 is 26.3. The van der Waals surface area contributed by atoms with E-state index in [4.69, 9.17) is 11.6 Å². The van der Waals surface area contributed by atoms with Gasteiger partial charge in [0, 0.05) is 12.7 Å². The molecule has 1 heterocycles. The molecule has 1 aromatic heterocycles. The van der Waals surface area contributed by atoms with Gasteiger partial charge in [0.1, 0.15) is 10.0 Å². The number of aromatic nitrogens is 1. The zero-order valence-corrected chi connectivity index (χ0v) is 12.8. The molecule has 0 fully saturated rings. The maximum absolute atomic E-state index is 12.0. The van der Waals surface area contributed by atoms with Gasteiger partial charge in [0.15, 0.2) is 0 Å². The molecule has 108 valence electrons. The SMILES string of the molecule is CC(C)(C)CC(O)CNS(=O)(=O)c1cccnc1Cl. The fourth-order valence-electron chi connectivity index (χ4n) is 1.63. The molecule has 1 atom stereocenters. The van der Waals surface area contributed by atoms with Crippen LogP contribution in [-0.4, -0.2) is 31.2 Å². The number of halogens is 1. The molecule has 0 saturated carbocycles. The second-order valence-electron chi connectivity index (χ2n) is 5.56. The standard InChI is InChI=1S/C12H19ClN2O3S/c1-12(2,3)7-9(16)8-15-19(17,18)10-5-4-6-14-11(10)13/h4-6,9,15-16H,7-8H2,1-3H3. The third-order valence-electron chi connectivity index (χ3n) is 2.37. The molecule has 0 radical (unpaired) electrons. The molecule has 0 spiro atoms. The molecule has 0 saturated heterocycles. The molecular weight excluding hydrogens is 288 g/mol. The number of nitrogens with one attached hydrogen (secondary N) is 1. The summed E-state index contributed by atoms with van der Waals surface area (Å²) in [6.07, 6.45) is 1.16. The molecule has 0 aliphatic heterocycles. The van der Waals surface area contributed by atoms with Crippen LogP contribution in [-0.2, 0) is 10.0 Å². The Kier molecular flexibility index (Phi) is 5.32. The van der Waals surface area contributed by atoms with Crippen LogP contribution in [0.4, 0.5) is 0 Å². The van der Waals surface area contributed by atoms with Gasteiger partial charge < -0.3 is 5.11 Å². The Hall–Kier alpha value is -0.690. The fourth-order valence-corrected chi connectivity index (χ4v) is 3.16. The van der Waals surface area contributed by atoms with Crippen molar-refractivity contribution in [3.63, 3.8) is 0 Å². The molecule has 1 rings (SSSR count). The normalized spacial score (nSPS) is 14.4. The minimum Gasteiger partial charge on any atom is -0.392 e. The predicted octanol–water partition coefficient (Wildman–Crippen LogP) is 1.81. The number of hydrogen-bond donors (Lipinski definition) is 2. The highest BCUT2D eigenvalue weighted by Crippen LogP contribution is 2.21. The van der Waals surface area contributed by atoms with Crippen molar-refractivity contribution in [3.8, 4) is 0 Å². The Morgan fingerprint density at radius 1 is 1.47 bits per heavy atom. The first kappa shape index (κ1) is 16.4. The molecule has 1 unspecified atom stereocenters. The average molecular weight is 307 g/mol. The van der Waals surface area contributed by atoms with Crippen molar-refractivity contribution in [1.82, 2.24) is 9.71 Å². The quantitative estimate of drug-likeness (QED) is 0.813. The van der Waals surface area contributed by atoms with Crippen molar-refractivity contribution in [3.05, 3.63) is 23.5 Å². The number of aliphatic hydroxyl groups excluding tert-OH is 1. The first-order valence-electron chi connectivity index (χ1n) is 5.90. The van der Waals surface area contributed by atoms with E-state index in [1.54, 1.807) is 0 Å². The van der Waals surface area contributed by atoms with Crippen molar-refractivity contribution < 1.29 is 13.5 Å². The number of pyridine rings is 1. The van der Waals surface area contributed by atoms with Crippen molar-refractivity contribution in [2.24, 2.45) is 5.41 Å². The van der Waals surface area contributed by atoms with Gasteiger partial charge in [-0.3, -0.25) is 0 Å². The van der Waals surface area contributed by atoms with E-state index < -0.39 is 16.1 Å². The molecule has 0 aliphatic carbocycles. The number of aliphatic hydroxyl groups is 1.